The molecule has 0 unspecified atom stereocenters. The molecular weight excluding hydrogens is 238 g/mol. The molecule has 8 heteroatoms. The van der Waals surface area contributed by atoms with Crippen molar-refractivity contribution in [3.63, 3.8) is 0 Å². The van der Waals surface area contributed by atoms with E-state index in [-0.39, 0.29) is 0 Å². The molecule has 1 aromatic heterocycles. The van der Waals surface area contributed by atoms with Gasteiger partial charge in [-0.25, -0.2) is 9.59 Å². The molecule has 0 bridgehead atoms. The van der Waals surface area contributed by atoms with E-state index in [0.717, 1.165) is 0 Å². The Morgan fingerprint density at radius 2 is 2.28 bits per heavy atom. The first-order valence-corrected chi connectivity index (χ1v) is 5.74. The summed E-state index contributed by atoms with van der Waals surface area (Å²) < 4.78 is 1.66. The second-order valence-electron chi connectivity index (χ2n) is 3.72. The maximum absolute atomic E-state index is 11.4. The van der Waals surface area contributed by atoms with Crippen LogP contribution in [0.25, 0.3) is 0 Å². The monoisotopic (exact) mass is 255 g/mol. The van der Waals surface area contributed by atoms with E-state index in [1.165, 1.54) is 0 Å². The summed E-state index contributed by atoms with van der Waals surface area (Å²) in [6.45, 7) is 2.79. The van der Waals surface area contributed by atoms with Crippen LogP contribution in [-0.2, 0) is 11.3 Å². The van der Waals surface area contributed by atoms with Gasteiger partial charge in [-0.1, -0.05) is 12.1 Å². The van der Waals surface area contributed by atoms with Crippen molar-refractivity contribution in [3.05, 3.63) is 12.4 Å². The van der Waals surface area contributed by atoms with Crippen LogP contribution in [0.1, 0.15) is 19.8 Å². The number of aromatic nitrogens is 3. The Balaban J connectivity index is 2.15. The zero-order chi connectivity index (χ0) is 13.4. The number of rotatable bonds is 7. The van der Waals surface area contributed by atoms with Gasteiger partial charge in [0.25, 0.3) is 0 Å². The second kappa shape index (κ2) is 7.25. The molecule has 0 radical (unpaired) electrons. The fourth-order valence-electron chi connectivity index (χ4n) is 1.34. The fraction of sp³-hybridized carbons (Fsp3) is 0.600. The number of carbonyl (C=O) groups is 2. The van der Waals surface area contributed by atoms with Gasteiger partial charge in [0.05, 0.1) is 6.20 Å². The topological polar surface area (TPSA) is 109 Å². The number of urea groups is 1. The molecule has 18 heavy (non-hydrogen) atoms. The summed E-state index contributed by atoms with van der Waals surface area (Å²) in [6.07, 6.45) is 4.36. The van der Waals surface area contributed by atoms with Crippen LogP contribution >= 0.6 is 0 Å². The Morgan fingerprint density at radius 1 is 1.50 bits per heavy atom. The molecule has 1 rings (SSSR count). The van der Waals surface area contributed by atoms with Crippen LogP contribution in [-0.4, -0.2) is 44.7 Å². The number of aliphatic carboxylic acids is 1. The van der Waals surface area contributed by atoms with E-state index in [1.807, 2.05) is 0 Å². The van der Waals surface area contributed by atoms with Crippen LogP contribution in [0.5, 0.6) is 0 Å². The lowest BCUT2D eigenvalue weighted by Crippen LogP contribution is -2.45. The van der Waals surface area contributed by atoms with E-state index >= 15 is 0 Å². The molecule has 1 atom stereocenters. The van der Waals surface area contributed by atoms with E-state index < -0.39 is 18.0 Å². The van der Waals surface area contributed by atoms with Crippen LogP contribution < -0.4 is 10.6 Å². The molecule has 1 heterocycles. The molecule has 0 aliphatic rings. The van der Waals surface area contributed by atoms with Crippen molar-refractivity contribution < 1.29 is 14.7 Å². The van der Waals surface area contributed by atoms with Crippen LogP contribution in [0, 0.1) is 0 Å². The fourth-order valence-corrected chi connectivity index (χ4v) is 1.34. The minimum absolute atomic E-state index is 0.349. The van der Waals surface area contributed by atoms with Crippen LogP contribution in [0.2, 0.25) is 0 Å². The Labute approximate surface area is 104 Å². The quantitative estimate of drug-likeness (QED) is 0.586. The zero-order valence-corrected chi connectivity index (χ0v) is 10.2. The second-order valence-corrected chi connectivity index (χ2v) is 3.72. The summed E-state index contributed by atoms with van der Waals surface area (Å²) in [4.78, 5) is 22.0. The van der Waals surface area contributed by atoms with Gasteiger partial charge in [0.2, 0.25) is 0 Å². The Morgan fingerprint density at radius 3 is 2.83 bits per heavy atom. The molecule has 0 aliphatic heterocycles. The van der Waals surface area contributed by atoms with Gasteiger partial charge >= 0.3 is 12.0 Å². The highest BCUT2D eigenvalue weighted by Gasteiger charge is 2.16. The third-order valence-corrected chi connectivity index (χ3v) is 2.33. The Bertz CT molecular complexity index is 379. The Kier molecular flexibility index (Phi) is 5.62. The molecule has 1 aromatic rings. The lowest BCUT2D eigenvalue weighted by atomic mass is 10.2. The Hall–Kier alpha value is -2.12. The molecule has 3 N–H and O–H groups in total. The van der Waals surface area contributed by atoms with Crippen molar-refractivity contribution in [2.75, 3.05) is 6.54 Å². The van der Waals surface area contributed by atoms with Gasteiger partial charge in [0.1, 0.15) is 6.04 Å². The third-order valence-electron chi connectivity index (χ3n) is 2.33. The summed E-state index contributed by atoms with van der Waals surface area (Å²) in [5.74, 6) is -1.03. The van der Waals surface area contributed by atoms with E-state index in [2.05, 4.69) is 20.9 Å². The van der Waals surface area contributed by atoms with Crippen molar-refractivity contribution in [1.29, 1.82) is 0 Å². The normalized spacial score (nSPS) is 11.8. The number of carboxylic acid groups (broad SMARTS) is 1. The van der Waals surface area contributed by atoms with E-state index in [9.17, 15) is 9.59 Å². The molecule has 8 nitrogen and oxygen atoms in total. The first kappa shape index (κ1) is 13.9. The first-order chi connectivity index (χ1) is 8.63. The van der Waals surface area contributed by atoms with E-state index in [4.69, 9.17) is 5.11 Å². The van der Waals surface area contributed by atoms with Crippen molar-refractivity contribution in [1.82, 2.24) is 25.6 Å². The number of nitrogens with one attached hydrogen (secondary N) is 2. The molecule has 0 spiro atoms. The van der Waals surface area contributed by atoms with Crippen LogP contribution in [0.4, 0.5) is 4.79 Å². The predicted octanol–water partition coefficient (Wildman–Crippen LogP) is -0.169. The standard InChI is InChI=1S/C10H17N5O3/c1-2-8(9(16)17)13-10(18)11-4-3-6-15-7-5-12-14-15/h5,7-8H,2-4,6H2,1H3,(H,16,17)(H2,11,13,18)/t8-/m0/s1. The van der Waals surface area contributed by atoms with Gasteiger partial charge in [0, 0.05) is 19.3 Å². The highest BCUT2D eigenvalue weighted by atomic mass is 16.4. The molecular formula is C10H17N5O3. The lowest BCUT2D eigenvalue weighted by Gasteiger charge is -2.12. The predicted molar refractivity (Wildman–Crippen MR) is 62.9 cm³/mol. The number of hydrogen-bond donors (Lipinski definition) is 3. The number of carbonyl (C=O) groups excluding carboxylic acids is 1. The van der Waals surface area contributed by atoms with E-state index in [1.54, 1.807) is 24.0 Å². The number of amides is 2. The first-order valence-electron chi connectivity index (χ1n) is 5.74. The van der Waals surface area contributed by atoms with Gasteiger partial charge in [-0.15, -0.1) is 5.10 Å². The van der Waals surface area contributed by atoms with Gasteiger partial charge in [-0.3, -0.25) is 4.68 Å². The molecule has 2 amide bonds. The minimum Gasteiger partial charge on any atom is -0.480 e. The van der Waals surface area contributed by atoms with Crippen LogP contribution in [0.15, 0.2) is 12.4 Å². The van der Waals surface area contributed by atoms with Gasteiger partial charge in [-0.2, -0.15) is 0 Å². The summed E-state index contributed by atoms with van der Waals surface area (Å²) in [6, 6.07) is -1.32. The minimum atomic E-state index is -1.03. The highest BCUT2D eigenvalue weighted by Crippen LogP contribution is 1.90. The molecule has 0 aliphatic carbocycles. The largest absolute Gasteiger partial charge is 0.480 e. The van der Waals surface area contributed by atoms with Crippen molar-refractivity contribution >= 4 is 12.0 Å². The molecule has 0 aromatic carbocycles. The smallest absolute Gasteiger partial charge is 0.326 e. The summed E-state index contributed by atoms with van der Waals surface area (Å²) in [7, 11) is 0. The van der Waals surface area contributed by atoms with Crippen molar-refractivity contribution in [2.45, 2.75) is 32.4 Å². The molecule has 0 saturated heterocycles. The third kappa shape index (κ3) is 4.81. The van der Waals surface area contributed by atoms with Crippen molar-refractivity contribution in [2.24, 2.45) is 0 Å². The zero-order valence-electron chi connectivity index (χ0n) is 10.2. The lowest BCUT2D eigenvalue weighted by molar-refractivity contribution is -0.139. The van der Waals surface area contributed by atoms with Crippen molar-refractivity contribution in [3.8, 4) is 0 Å². The average molecular weight is 255 g/mol. The van der Waals surface area contributed by atoms with E-state index in [0.29, 0.717) is 25.9 Å². The van der Waals surface area contributed by atoms with Crippen LogP contribution in [0.3, 0.4) is 0 Å². The molecule has 100 valence electrons. The number of aryl methyl sites for hydroxylation is 1. The SMILES string of the molecule is CC[C@H](NC(=O)NCCCn1ccnn1)C(=O)O. The summed E-state index contributed by atoms with van der Waals surface area (Å²) >= 11 is 0. The average Bonchev–Trinajstić information content (AvgIpc) is 2.84. The van der Waals surface area contributed by atoms with Gasteiger partial charge < -0.3 is 15.7 Å². The summed E-state index contributed by atoms with van der Waals surface area (Å²) in [5.41, 5.74) is 0. The maximum Gasteiger partial charge on any atom is 0.326 e. The molecule has 0 fully saturated rings. The molecule has 0 saturated carbocycles. The number of hydrogen-bond acceptors (Lipinski definition) is 4. The maximum atomic E-state index is 11.4. The number of carboxylic acids is 1. The summed E-state index contributed by atoms with van der Waals surface area (Å²) in [5, 5.41) is 21.2. The number of nitrogens with zero attached hydrogens (tertiary/aromatic N) is 3. The van der Waals surface area contributed by atoms with Gasteiger partial charge in [-0.05, 0) is 12.8 Å². The highest BCUT2D eigenvalue weighted by molar-refractivity contribution is 5.82. The van der Waals surface area contributed by atoms with Gasteiger partial charge in [0.15, 0.2) is 0 Å².